The minimum atomic E-state index is -0.334. The molecule has 6 heteroatoms. The maximum absolute atomic E-state index is 10.9. The molecule has 0 heterocycles. The van der Waals surface area contributed by atoms with Crippen molar-refractivity contribution in [3.8, 4) is 0 Å². The number of amides is 1. The van der Waals surface area contributed by atoms with Crippen LogP contribution < -0.4 is 11.1 Å². The molecule has 0 saturated carbocycles. The molecule has 3 N–H and O–H groups in total. The highest BCUT2D eigenvalue weighted by molar-refractivity contribution is 8.00. The van der Waals surface area contributed by atoms with Crippen molar-refractivity contribution >= 4 is 46.6 Å². The van der Waals surface area contributed by atoms with Crippen molar-refractivity contribution in [1.82, 2.24) is 0 Å². The molecule has 21 heavy (non-hydrogen) atoms. The molecule has 0 fully saturated rings. The van der Waals surface area contributed by atoms with Crippen molar-refractivity contribution in [2.75, 3.05) is 11.1 Å². The summed E-state index contributed by atoms with van der Waals surface area (Å²) >= 11 is 13.3. The largest absolute Gasteiger partial charge is 0.380 e. The summed E-state index contributed by atoms with van der Waals surface area (Å²) in [7, 11) is 0. The Morgan fingerprint density at radius 2 is 1.90 bits per heavy atom. The molecule has 2 aromatic rings. The Labute approximate surface area is 137 Å². The summed E-state index contributed by atoms with van der Waals surface area (Å²) in [5, 5.41) is 4.40. The molecule has 110 valence electrons. The summed E-state index contributed by atoms with van der Waals surface area (Å²) in [4.78, 5) is 11.9. The van der Waals surface area contributed by atoms with Crippen LogP contribution in [-0.4, -0.2) is 11.7 Å². The van der Waals surface area contributed by atoms with Gasteiger partial charge in [0.25, 0.3) is 0 Å². The molecule has 0 saturated heterocycles. The van der Waals surface area contributed by atoms with E-state index in [1.807, 2.05) is 36.4 Å². The van der Waals surface area contributed by atoms with Crippen LogP contribution in [0, 0.1) is 0 Å². The lowest BCUT2D eigenvalue weighted by atomic mass is 10.2. The first kappa shape index (κ1) is 16.0. The second-order valence-corrected chi connectivity index (χ2v) is 6.18. The van der Waals surface area contributed by atoms with Gasteiger partial charge in [-0.15, -0.1) is 11.8 Å². The molecule has 3 nitrogen and oxygen atoms in total. The normalized spacial score (nSPS) is 10.4. The third-order valence-electron chi connectivity index (χ3n) is 2.72. The number of rotatable bonds is 6. The van der Waals surface area contributed by atoms with E-state index in [2.05, 4.69) is 5.32 Å². The van der Waals surface area contributed by atoms with Crippen LogP contribution in [0.3, 0.4) is 0 Å². The first-order valence-corrected chi connectivity index (χ1v) is 7.98. The molecule has 0 spiro atoms. The van der Waals surface area contributed by atoms with Gasteiger partial charge in [0.2, 0.25) is 5.91 Å². The number of halogens is 2. The zero-order chi connectivity index (χ0) is 15.2. The van der Waals surface area contributed by atoms with Gasteiger partial charge in [0.15, 0.2) is 0 Å². The molecule has 0 radical (unpaired) electrons. The summed E-state index contributed by atoms with van der Waals surface area (Å²) in [6, 6.07) is 13.3. The topological polar surface area (TPSA) is 55.1 Å². The average molecular weight is 341 g/mol. The van der Waals surface area contributed by atoms with Crippen molar-refractivity contribution < 1.29 is 4.79 Å². The Bertz CT molecular complexity index is 649. The zero-order valence-corrected chi connectivity index (χ0v) is 13.4. The van der Waals surface area contributed by atoms with E-state index >= 15 is 0 Å². The highest BCUT2D eigenvalue weighted by Crippen LogP contribution is 2.28. The molecule has 2 rings (SSSR count). The lowest BCUT2D eigenvalue weighted by molar-refractivity contribution is -0.115. The standard InChI is InChI=1S/C15H14Cl2N2OS/c16-11-6-5-10(7-12(11)17)8-19-13-3-1-2-4-14(13)21-9-15(18)20/h1-7,19H,8-9H2,(H2,18,20). The molecular weight excluding hydrogens is 327 g/mol. The van der Waals surface area contributed by atoms with E-state index in [4.69, 9.17) is 28.9 Å². The number of benzene rings is 2. The Kier molecular flexibility index (Phi) is 5.79. The lowest BCUT2D eigenvalue weighted by Crippen LogP contribution is -2.13. The van der Waals surface area contributed by atoms with Crippen molar-refractivity contribution in [3.63, 3.8) is 0 Å². The predicted octanol–water partition coefficient (Wildman–Crippen LogP) is 4.18. The van der Waals surface area contributed by atoms with Gasteiger partial charge in [-0.3, -0.25) is 4.79 Å². The van der Waals surface area contributed by atoms with Crippen molar-refractivity contribution in [2.45, 2.75) is 11.4 Å². The van der Waals surface area contributed by atoms with Gasteiger partial charge in [-0.25, -0.2) is 0 Å². The van der Waals surface area contributed by atoms with Gasteiger partial charge < -0.3 is 11.1 Å². The average Bonchev–Trinajstić information content (AvgIpc) is 2.47. The van der Waals surface area contributed by atoms with Gasteiger partial charge in [0.05, 0.1) is 15.8 Å². The highest BCUT2D eigenvalue weighted by Gasteiger charge is 2.05. The molecule has 0 unspecified atom stereocenters. The van der Waals surface area contributed by atoms with Crippen LogP contribution in [0.4, 0.5) is 5.69 Å². The van der Waals surface area contributed by atoms with Gasteiger partial charge in [-0.05, 0) is 29.8 Å². The molecule has 0 aliphatic rings. The SMILES string of the molecule is NC(=O)CSc1ccccc1NCc1ccc(Cl)c(Cl)c1. The molecule has 0 bridgehead atoms. The number of hydrogen-bond acceptors (Lipinski definition) is 3. The van der Waals surface area contributed by atoms with E-state index in [1.165, 1.54) is 11.8 Å². The number of primary amides is 1. The van der Waals surface area contributed by atoms with Crippen molar-refractivity contribution in [2.24, 2.45) is 5.73 Å². The Morgan fingerprint density at radius 1 is 1.14 bits per heavy atom. The summed E-state index contributed by atoms with van der Waals surface area (Å²) in [6.07, 6.45) is 0. The number of para-hydroxylation sites is 1. The first-order chi connectivity index (χ1) is 10.1. The second kappa shape index (κ2) is 7.59. The van der Waals surface area contributed by atoms with E-state index in [1.54, 1.807) is 6.07 Å². The minimum Gasteiger partial charge on any atom is -0.380 e. The molecule has 0 aromatic heterocycles. The highest BCUT2D eigenvalue weighted by atomic mass is 35.5. The van der Waals surface area contributed by atoms with Crippen LogP contribution in [0.15, 0.2) is 47.4 Å². The van der Waals surface area contributed by atoms with Crippen molar-refractivity contribution in [3.05, 3.63) is 58.1 Å². The maximum atomic E-state index is 10.9. The number of carbonyl (C=O) groups is 1. The second-order valence-electron chi connectivity index (χ2n) is 4.35. The maximum Gasteiger partial charge on any atom is 0.227 e. The fourth-order valence-electron chi connectivity index (χ4n) is 1.73. The fraction of sp³-hybridized carbons (Fsp3) is 0.133. The Balaban J connectivity index is 2.05. The third kappa shape index (κ3) is 4.84. The molecule has 0 aliphatic heterocycles. The van der Waals surface area contributed by atoms with E-state index in [-0.39, 0.29) is 11.7 Å². The summed E-state index contributed by atoms with van der Waals surface area (Å²) in [5.41, 5.74) is 7.16. The van der Waals surface area contributed by atoms with Crippen LogP contribution in [0.5, 0.6) is 0 Å². The van der Waals surface area contributed by atoms with Gasteiger partial charge >= 0.3 is 0 Å². The van der Waals surface area contributed by atoms with Gasteiger partial charge in [-0.1, -0.05) is 41.4 Å². The van der Waals surface area contributed by atoms with E-state index in [0.29, 0.717) is 16.6 Å². The smallest absolute Gasteiger partial charge is 0.227 e. The quantitative estimate of drug-likeness (QED) is 0.775. The molecule has 1 amide bonds. The van der Waals surface area contributed by atoms with Gasteiger partial charge in [0.1, 0.15) is 0 Å². The van der Waals surface area contributed by atoms with Crippen LogP contribution in [0.25, 0.3) is 0 Å². The number of nitrogens with one attached hydrogen (secondary N) is 1. The van der Waals surface area contributed by atoms with Gasteiger partial charge in [0, 0.05) is 17.1 Å². The van der Waals surface area contributed by atoms with E-state index < -0.39 is 0 Å². The zero-order valence-electron chi connectivity index (χ0n) is 11.1. The lowest BCUT2D eigenvalue weighted by Gasteiger charge is -2.11. The third-order valence-corrected chi connectivity index (χ3v) is 4.56. The number of nitrogens with two attached hydrogens (primary N) is 1. The van der Waals surface area contributed by atoms with Crippen molar-refractivity contribution in [1.29, 1.82) is 0 Å². The Morgan fingerprint density at radius 3 is 2.62 bits per heavy atom. The van der Waals surface area contributed by atoms with Crippen LogP contribution in [0.2, 0.25) is 10.0 Å². The molecular formula is C15H14Cl2N2OS. The fourth-order valence-corrected chi connectivity index (χ4v) is 2.82. The predicted molar refractivity (Wildman–Crippen MR) is 90.1 cm³/mol. The number of thioether (sulfide) groups is 1. The van der Waals surface area contributed by atoms with E-state index in [9.17, 15) is 4.79 Å². The van der Waals surface area contributed by atoms with Crippen LogP contribution >= 0.6 is 35.0 Å². The van der Waals surface area contributed by atoms with E-state index in [0.717, 1.165) is 16.1 Å². The van der Waals surface area contributed by atoms with Crippen LogP contribution in [-0.2, 0) is 11.3 Å². The minimum absolute atomic E-state index is 0.255. The molecule has 2 aromatic carbocycles. The van der Waals surface area contributed by atoms with Gasteiger partial charge in [-0.2, -0.15) is 0 Å². The first-order valence-electron chi connectivity index (χ1n) is 6.24. The molecule has 0 aliphatic carbocycles. The summed E-state index contributed by atoms with van der Waals surface area (Å²) in [5.74, 6) is -0.0786. The number of carbonyl (C=O) groups excluding carboxylic acids is 1. The summed E-state index contributed by atoms with van der Waals surface area (Å²) < 4.78 is 0. The monoisotopic (exact) mass is 340 g/mol. The van der Waals surface area contributed by atoms with Crippen LogP contribution in [0.1, 0.15) is 5.56 Å². The number of anilines is 1. The Hall–Kier alpha value is -1.36. The number of hydrogen-bond donors (Lipinski definition) is 2. The molecule has 0 atom stereocenters. The summed E-state index contributed by atoms with van der Waals surface area (Å²) in [6.45, 7) is 0.616.